The van der Waals surface area contributed by atoms with Crippen molar-refractivity contribution < 1.29 is 24.5 Å². The van der Waals surface area contributed by atoms with Crippen LogP contribution in [0.5, 0.6) is 5.75 Å². The number of aliphatic hydroxyl groups is 1. The van der Waals surface area contributed by atoms with E-state index in [1.54, 1.807) is 24.3 Å². The van der Waals surface area contributed by atoms with Gasteiger partial charge in [0.1, 0.15) is 12.4 Å². The molecule has 2 aromatic rings. The van der Waals surface area contributed by atoms with Gasteiger partial charge in [-0.2, -0.15) is 0 Å². The van der Waals surface area contributed by atoms with Crippen molar-refractivity contribution in [3.63, 3.8) is 0 Å². The first-order valence-electron chi connectivity index (χ1n) is 9.15. The van der Waals surface area contributed by atoms with Crippen LogP contribution >= 0.6 is 0 Å². The van der Waals surface area contributed by atoms with Crippen LogP contribution in [0.3, 0.4) is 0 Å². The van der Waals surface area contributed by atoms with Crippen molar-refractivity contribution in [3.8, 4) is 5.75 Å². The Bertz CT molecular complexity index is 845. The molecule has 28 heavy (non-hydrogen) atoms. The molecule has 6 nitrogen and oxygen atoms in total. The smallest absolute Gasteiger partial charge is 0.335 e. The molecule has 0 fully saturated rings. The topological polar surface area (TPSA) is 88.4 Å². The van der Waals surface area contributed by atoms with E-state index in [9.17, 15) is 9.90 Å². The lowest BCUT2D eigenvalue weighted by molar-refractivity contribution is -0.143. The van der Waals surface area contributed by atoms with Crippen LogP contribution in [0, 0.1) is 0 Å². The van der Waals surface area contributed by atoms with Crippen molar-refractivity contribution in [2.24, 2.45) is 4.99 Å². The molecular formula is C22H23NO5. The molecule has 0 saturated carbocycles. The monoisotopic (exact) mass is 381 g/mol. The summed E-state index contributed by atoms with van der Waals surface area (Å²) < 4.78 is 11.1. The van der Waals surface area contributed by atoms with Gasteiger partial charge in [0, 0.05) is 25.0 Å². The molecule has 0 amide bonds. The van der Waals surface area contributed by atoms with Crippen LogP contribution in [-0.2, 0) is 9.53 Å². The molecule has 1 atom stereocenters. The second-order valence-corrected chi connectivity index (χ2v) is 6.51. The Morgan fingerprint density at radius 1 is 1.18 bits per heavy atom. The first-order valence-corrected chi connectivity index (χ1v) is 9.15. The second kappa shape index (κ2) is 9.19. The van der Waals surface area contributed by atoms with E-state index in [0.29, 0.717) is 30.2 Å². The molecule has 0 bridgehead atoms. The molecule has 0 unspecified atom stereocenters. The summed E-state index contributed by atoms with van der Waals surface area (Å²) in [5.74, 6) is -0.0207. The highest BCUT2D eigenvalue weighted by Crippen LogP contribution is 2.27. The minimum absolute atomic E-state index is 0.00839. The molecule has 146 valence electrons. The largest absolute Gasteiger partial charge is 0.494 e. The predicted molar refractivity (Wildman–Crippen MR) is 107 cm³/mol. The third-order valence-corrected chi connectivity index (χ3v) is 4.40. The van der Waals surface area contributed by atoms with Crippen molar-refractivity contribution in [2.75, 3.05) is 19.8 Å². The van der Waals surface area contributed by atoms with Crippen LogP contribution in [-0.4, -0.2) is 47.4 Å². The zero-order valence-corrected chi connectivity index (χ0v) is 15.5. The van der Waals surface area contributed by atoms with E-state index in [2.05, 4.69) is 4.99 Å². The van der Waals surface area contributed by atoms with Gasteiger partial charge in [-0.1, -0.05) is 42.5 Å². The standard InChI is InChI=1S/C22H23NO5/c24-14-5-15-27-19-11-9-18(10-12-19)20-23-22(16-28-20,21(25)26)13-4-8-17-6-2-1-3-7-17/h1-4,6-12,24H,5,13-16H2,(H,25,26)/b8-4+/t22-/m1/s1. The summed E-state index contributed by atoms with van der Waals surface area (Å²) in [7, 11) is 0. The van der Waals surface area contributed by atoms with Gasteiger partial charge in [-0.3, -0.25) is 0 Å². The molecule has 0 spiro atoms. The number of benzene rings is 2. The lowest BCUT2D eigenvalue weighted by Crippen LogP contribution is -2.37. The van der Waals surface area contributed by atoms with E-state index in [1.807, 2.05) is 42.5 Å². The molecule has 1 aliphatic heterocycles. The van der Waals surface area contributed by atoms with Gasteiger partial charge in [-0.25, -0.2) is 9.79 Å². The molecule has 3 rings (SSSR count). The van der Waals surface area contributed by atoms with Gasteiger partial charge in [0.2, 0.25) is 5.90 Å². The third-order valence-electron chi connectivity index (χ3n) is 4.40. The zero-order chi connectivity index (χ0) is 19.8. The number of aliphatic carboxylic acids is 1. The molecule has 1 heterocycles. The number of aliphatic hydroxyl groups excluding tert-OH is 1. The Morgan fingerprint density at radius 2 is 1.93 bits per heavy atom. The number of hydrogen-bond acceptors (Lipinski definition) is 5. The average Bonchev–Trinajstić information content (AvgIpc) is 3.15. The Labute approximate surface area is 163 Å². The van der Waals surface area contributed by atoms with E-state index < -0.39 is 11.5 Å². The van der Waals surface area contributed by atoms with Gasteiger partial charge in [-0.15, -0.1) is 0 Å². The second-order valence-electron chi connectivity index (χ2n) is 6.51. The molecule has 0 radical (unpaired) electrons. The van der Waals surface area contributed by atoms with Gasteiger partial charge >= 0.3 is 5.97 Å². The maximum atomic E-state index is 11.9. The van der Waals surface area contributed by atoms with Crippen LogP contribution in [0.15, 0.2) is 65.7 Å². The summed E-state index contributed by atoms with van der Waals surface area (Å²) in [6, 6.07) is 16.8. The Morgan fingerprint density at radius 3 is 2.61 bits per heavy atom. The molecule has 0 saturated heterocycles. The number of rotatable bonds is 9. The Hall–Kier alpha value is -3.12. The van der Waals surface area contributed by atoms with Gasteiger partial charge in [0.15, 0.2) is 5.54 Å². The van der Waals surface area contributed by atoms with E-state index in [0.717, 1.165) is 5.56 Å². The molecule has 0 aromatic heterocycles. The van der Waals surface area contributed by atoms with Crippen LogP contribution in [0.25, 0.3) is 6.08 Å². The molecule has 1 aliphatic rings. The summed E-state index contributed by atoms with van der Waals surface area (Å²) in [6.45, 7) is 0.507. The lowest BCUT2D eigenvalue weighted by atomic mass is 9.97. The fraction of sp³-hybridized carbons (Fsp3) is 0.273. The highest BCUT2D eigenvalue weighted by atomic mass is 16.5. The van der Waals surface area contributed by atoms with Crippen molar-refractivity contribution in [1.82, 2.24) is 0 Å². The van der Waals surface area contributed by atoms with Crippen LogP contribution in [0.4, 0.5) is 0 Å². The highest BCUT2D eigenvalue weighted by molar-refractivity contribution is 5.98. The first kappa shape index (κ1) is 19.6. The number of nitrogens with zero attached hydrogens (tertiary/aromatic N) is 1. The third kappa shape index (κ3) is 4.78. The van der Waals surface area contributed by atoms with Gasteiger partial charge < -0.3 is 19.7 Å². The molecule has 6 heteroatoms. The Kier molecular flexibility index (Phi) is 6.45. The normalized spacial score (nSPS) is 18.7. The number of carboxylic acid groups (broad SMARTS) is 1. The number of carboxylic acids is 1. The Balaban J connectivity index is 1.71. The highest BCUT2D eigenvalue weighted by Gasteiger charge is 2.43. The van der Waals surface area contributed by atoms with Crippen LogP contribution in [0.2, 0.25) is 0 Å². The summed E-state index contributed by atoms with van der Waals surface area (Å²) in [5, 5.41) is 18.5. The maximum absolute atomic E-state index is 11.9. The van der Waals surface area contributed by atoms with Crippen molar-refractivity contribution in [1.29, 1.82) is 0 Å². The van der Waals surface area contributed by atoms with Crippen molar-refractivity contribution >= 4 is 17.9 Å². The van der Waals surface area contributed by atoms with Crippen molar-refractivity contribution in [2.45, 2.75) is 18.4 Å². The number of ether oxygens (including phenoxy) is 2. The first-order chi connectivity index (χ1) is 13.6. The number of carbonyl (C=O) groups is 1. The minimum atomic E-state index is -1.32. The number of aliphatic imine (C=N–C) groups is 1. The van der Waals surface area contributed by atoms with E-state index in [1.165, 1.54) is 0 Å². The van der Waals surface area contributed by atoms with E-state index >= 15 is 0 Å². The summed E-state index contributed by atoms with van der Waals surface area (Å²) in [4.78, 5) is 16.3. The summed E-state index contributed by atoms with van der Waals surface area (Å²) >= 11 is 0. The fourth-order valence-corrected chi connectivity index (χ4v) is 2.80. The predicted octanol–water partition coefficient (Wildman–Crippen LogP) is 3.15. The van der Waals surface area contributed by atoms with Gasteiger partial charge in [-0.05, 0) is 29.8 Å². The van der Waals surface area contributed by atoms with E-state index in [4.69, 9.17) is 14.6 Å². The minimum Gasteiger partial charge on any atom is -0.494 e. The van der Waals surface area contributed by atoms with Crippen molar-refractivity contribution in [3.05, 3.63) is 71.8 Å². The maximum Gasteiger partial charge on any atom is 0.335 e. The lowest BCUT2D eigenvalue weighted by Gasteiger charge is -2.16. The number of hydrogen-bond donors (Lipinski definition) is 2. The van der Waals surface area contributed by atoms with Crippen LogP contribution < -0.4 is 4.74 Å². The molecular weight excluding hydrogens is 358 g/mol. The summed E-state index contributed by atoms with van der Waals surface area (Å²) in [5.41, 5.74) is 0.379. The summed E-state index contributed by atoms with van der Waals surface area (Å²) in [6.07, 6.45) is 4.51. The van der Waals surface area contributed by atoms with E-state index in [-0.39, 0.29) is 19.6 Å². The van der Waals surface area contributed by atoms with Gasteiger partial charge in [0.05, 0.1) is 6.61 Å². The van der Waals surface area contributed by atoms with Gasteiger partial charge in [0.25, 0.3) is 0 Å². The molecule has 2 N–H and O–H groups in total. The van der Waals surface area contributed by atoms with Crippen LogP contribution in [0.1, 0.15) is 24.0 Å². The molecule has 0 aliphatic carbocycles. The SMILES string of the molecule is O=C(O)[C@@]1(C/C=C/c2ccccc2)COC(c2ccc(OCCCO)cc2)=N1. The molecule has 2 aromatic carbocycles. The fourth-order valence-electron chi connectivity index (χ4n) is 2.80. The quantitative estimate of drug-likeness (QED) is 0.652. The average molecular weight is 381 g/mol. The zero-order valence-electron chi connectivity index (χ0n) is 15.5.